The molecule has 0 aromatic carbocycles. The van der Waals surface area contributed by atoms with Crippen LogP contribution in [0.5, 0.6) is 0 Å². The molecule has 0 N–H and O–H groups in total. The quantitative estimate of drug-likeness (QED) is 0.488. The molecule has 8 nitrogen and oxygen atoms in total. The average molecular weight is 177 g/mol. The summed E-state index contributed by atoms with van der Waals surface area (Å²) in [7, 11) is 0. The van der Waals surface area contributed by atoms with Crippen molar-refractivity contribution >= 4 is 5.84 Å². The lowest BCUT2D eigenvalue weighted by molar-refractivity contribution is 0.502. The lowest BCUT2D eigenvalue weighted by Crippen LogP contribution is -1.99. The van der Waals surface area contributed by atoms with Gasteiger partial charge >= 0.3 is 11.9 Å². The lowest BCUT2D eigenvalue weighted by atomic mass is 11.0. The molecular weight excluding hydrogens is 174 g/mol. The Bertz CT molecular complexity index is 491. The van der Waals surface area contributed by atoms with E-state index in [2.05, 4.69) is 25.5 Å². The maximum Gasteiger partial charge on any atom is 0.362 e. The second-order valence-electron chi connectivity index (χ2n) is 2.26. The van der Waals surface area contributed by atoms with Crippen molar-refractivity contribution in [3.05, 3.63) is 18.7 Å². The van der Waals surface area contributed by atoms with Crippen LogP contribution in [0, 0.1) is 0 Å². The van der Waals surface area contributed by atoms with Crippen molar-refractivity contribution in [2.75, 3.05) is 0 Å². The second-order valence-corrected chi connectivity index (χ2v) is 2.26. The zero-order chi connectivity index (χ0) is 8.67. The summed E-state index contributed by atoms with van der Waals surface area (Å²) in [4.78, 5) is 5.07. The number of imidazole rings is 1. The Balaban J connectivity index is 2.23. The topological polar surface area (TPSA) is 86.9 Å². The normalized spacial score (nSPS) is 11.1. The summed E-state index contributed by atoms with van der Waals surface area (Å²) >= 11 is 0. The van der Waals surface area contributed by atoms with Crippen molar-refractivity contribution < 1.29 is 4.42 Å². The Morgan fingerprint density at radius 1 is 1.38 bits per heavy atom. The molecule has 0 unspecified atom stereocenters. The molecule has 13 heavy (non-hydrogen) atoms. The minimum absolute atomic E-state index is 0.237. The monoisotopic (exact) mass is 177 g/mol. The van der Waals surface area contributed by atoms with Crippen molar-refractivity contribution in [3.63, 3.8) is 0 Å². The first-order valence-corrected chi connectivity index (χ1v) is 3.47. The molecule has 3 aromatic rings. The zero-order valence-electron chi connectivity index (χ0n) is 6.27. The highest BCUT2D eigenvalue weighted by Gasteiger charge is 2.08. The van der Waals surface area contributed by atoms with Gasteiger partial charge in [-0.1, -0.05) is 4.80 Å². The van der Waals surface area contributed by atoms with Crippen LogP contribution < -0.4 is 0 Å². The summed E-state index contributed by atoms with van der Waals surface area (Å²) in [6.07, 6.45) is 4.55. The van der Waals surface area contributed by atoms with Gasteiger partial charge in [-0.25, -0.2) is 4.98 Å². The van der Waals surface area contributed by atoms with Gasteiger partial charge in [-0.3, -0.25) is 0 Å². The van der Waals surface area contributed by atoms with Gasteiger partial charge in [0.2, 0.25) is 0 Å². The maximum absolute atomic E-state index is 5.19. The lowest BCUT2D eigenvalue weighted by Gasteiger charge is -1.84. The van der Waals surface area contributed by atoms with E-state index in [1.165, 1.54) is 15.6 Å². The molecule has 0 saturated carbocycles. The summed E-state index contributed by atoms with van der Waals surface area (Å²) in [6.45, 7) is 0. The van der Waals surface area contributed by atoms with Gasteiger partial charge in [0.05, 0.1) is 12.4 Å². The Labute approximate surface area is 70.8 Å². The van der Waals surface area contributed by atoms with Crippen molar-refractivity contribution in [1.82, 2.24) is 34.8 Å². The van der Waals surface area contributed by atoms with Crippen molar-refractivity contribution in [3.8, 4) is 6.01 Å². The summed E-state index contributed by atoms with van der Waals surface area (Å²) < 4.78 is 6.68. The number of rotatable bonds is 1. The molecular formula is C5H3N7O. The second kappa shape index (κ2) is 2.12. The highest BCUT2D eigenvalue weighted by atomic mass is 16.4. The molecule has 8 heteroatoms. The van der Waals surface area contributed by atoms with Crippen LogP contribution in [0.1, 0.15) is 0 Å². The third-order valence-corrected chi connectivity index (χ3v) is 1.48. The van der Waals surface area contributed by atoms with E-state index in [4.69, 9.17) is 4.42 Å². The average Bonchev–Trinajstić information content (AvgIpc) is 2.78. The molecule has 0 aliphatic carbocycles. The summed E-state index contributed by atoms with van der Waals surface area (Å²) in [6, 6.07) is 0.237. The first kappa shape index (κ1) is 6.29. The van der Waals surface area contributed by atoms with Crippen LogP contribution in [-0.4, -0.2) is 34.8 Å². The Morgan fingerprint density at radius 3 is 3.15 bits per heavy atom. The van der Waals surface area contributed by atoms with Crippen LogP contribution in [0.2, 0.25) is 0 Å². The first-order valence-electron chi connectivity index (χ1n) is 3.47. The van der Waals surface area contributed by atoms with Crippen molar-refractivity contribution in [2.24, 2.45) is 0 Å². The summed E-state index contributed by atoms with van der Waals surface area (Å²) in [5.41, 5.74) is 0. The van der Waals surface area contributed by atoms with Gasteiger partial charge in [-0.05, 0) is 5.21 Å². The van der Waals surface area contributed by atoms with E-state index in [0.29, 0.717) is 5.84 Å². The number of tetrazole rings is 1. The van der Waals surface area contributed by atoms with Crippen molar-refractivity contribution in [2.45, 2.75) is 0 Å². The SMILES string of the molecule is c1cn2nc(-n3ncnn3)oc2n1. The van der Waals surface area contributed by atoms with Gasteiger partial charge in [0.1, 0.15) is 0 Å². The van der Waals surface area contributed by atoms with E-state index >= 15 is 0 Å². The number of hydrogen-bond acceptors (Lipinski definition) is 6. The highest BCUT2D eigenvalue weighted by molar-refractivity contribution is 5.22. The summed E-state index contributed by atoms with van der Waals surface area (Å²) in [5.74, 6) is 0.396. The largest absolute Gasteiger partial charge is 0.386 e. The van der Waals surface area contributed by atoms with Gasteiger partial charge in [0, 0.05) is 0 Å². The predicted octanol–water partition coefficient (Wildman–Crippen LogP) is -0.702. The van der Waals surface area contributed by atoms with E-state index in [-0.39, 0.29) is 6.01 Å². The van der Waals surface area contributed by atoms with Gasteiger partial charge in [-0.15, -0.1) is 15.3 Å². The molecule has 0 saturated heterocycles. The first-order chi connectivity index (χ1) is 6.43. The van der Waals surface area contributed by atoms with Crippen LogP contribution in [0.25, 0.3) is 11.9 Å². The molecule has 0 aliphatic rings. The maximum atomic E-state index is 5.19. The third kappa shape index (κ3) is 0.818. The summed E-state index contributed by atoms with van der Waals surface area (Å²) in [5, 5.41) is 14.9. The molecule has 64 valence electrons. The van der Waals surface area contributed by atoms with Gasteiger partial charge in [0.25, 0.3) is 0 Å². The van der Waals surface area contributed by atoms with Gasteiger partial charge in [0.15, 0.2) is 6.33 Å². The van der Waals surface area contributed by atoms with E-state index in [1.54, 1.807) is 12.4 Å². The highest BCUT2D eigenvalue weighted by Crippen LogP contribution is 2.05. The minimum Gasteiger partial charge on any atom is -0.386 e. The van der Waals surface area contributed by atoms with Crippen LogP contribution in [0.3, 0.4) is 0 Å². The van der Waals surface area contributed by atoms with Gasteiger partial charge in [-0.2, -0.15) is 4.52 Å². The molecule has 0 amide bonds. The van der Waals surface area contributed by atoms with Crippen LogP contribution >= 0.6 is 0 Å². The number of hydrogen-bond donors (Lipinski definition) is 0. The molecule has 3 heterocycles. The molecule has 0 aliphatic heterocycles. The minimum atomic E-state index is 0.237. The fraction of sp³-hybridized carbons (Fsp3) is 0. The standard InChI is InChI=1S/C5H3N7O/c1-2-11-4(6-1)13-5(9-11)12-8-3-7-10-12/h1-3H. The van der Waals surface area contributed by atoms with E-state index in [0.717, 1.165) is 0 Å². The number of nitrogens with zero attached hydrogens (tertiary/aromatic N) is 7. The smallest absolute Gasteiger partial charge is 0.362 e. The third-order valence-electron chi connectivity index (χ3n) is 1.48. The van der Waals surface area contributed by atoms with Crippen LogP contribution in [-0.2, 0) is 0 Å². The Kier molecular flexibility index (Phi) is 1.03. The fourth-order valence-electron chi connectivity index (χ4n) is 0.962. The number of aromatic nitrogens is 7. The number of fused-ring (bicyclic) bond motifs is 1. The molecule has 0 fully saturated rings. The van der Waals surface area contributed by atoms with E-state index < -0.39 is 0 Å². The molecule has 0 bridgehead atoms. The molecule has 0 radical (unpaired) electrons. The predicted molar refractivity (Wildman–Crippen MR) is 38.0 cm³/mol. The van der Waals surface area contributed by atoms with Crippen molar-refractivity contribution in [1.29, 1.82) is 0 Å². The Morgan fingerprint density at radius 2 is 2.38 bits per heavy atom. The van der Waals surface area contributed by atoms with E-state index in [1.807, 2.05) is 0 Å². The molecule has 3 aromatic heterocycles. The zero-order valence-corrected chi connectivity index (χ0v) is 6.27. The van der Waals surface area contributed by atoms with Gasteiger partial charge < -0.3 is 4.42 Å². The van der Waals surface area contributed by atoms with Crippen LogP contribution in [0.4, 0.5) is 0 Å². The Hall–Kier alpha value is -2.25. The molecule has 0 atom stereocenters. The fourth-order valence-corrected chi connectivity index (χ4v) is 0.962. The molecule has 3 rings (SSSR count). The molecule has 0 spiro atoms. The van der Waals surface area contributed by atoms with Crippen LogP contribution in [0.15, 0.2) is 23.1 Å². The van der Waals surface area contributed by atoms with E-state index in [9.17, 15) is 0 Å².